The molecule has 0 N–H and O–H groups in total. The molecule has 2 saturated carbocycles. The fourth-order valence-electron chi connectivity index (χ4n) is 5.75. The predicted octanol–water partition coefficient (Wildman–Crippen LogP) is 5.27. The third kappa shape index (κ3) is 9.01. The molecule has 0 bridgehead atoms. The zero-order valence-corrected chi connectivity index (χ0v) is 22.8. The van der Waals surface area contributed by atoms with Crippen LogP contribution in [0.2, 0.25) is 0 Å². The van der Waals surface area contributed by atoms with Crippen LogP contribution in [-0.4, -0.2) is 77.3 Å². The fraction of sp³-hybridized carbons (Fsp3) is 1.00. The second-order valence-electron chi connectivity index (χ2n) is 12.6. The quantitative estimate of drug-likeness (QED) is 0.467. The van der Waals surface area contributed by atoms with E-state index in [1.54, 1.807) is 0 Å². The molecule has 200 valence electrons. The van der Waals surface area contributed by atoms with Crippen LogP contribution in [0.25, 0.3) is 0 Å². The van der Waals surface area contributed by atoms with E-state index in [0.717, 1.165) is 25.7 Å². The van der Waals surface area contributed by atoms with Crippen LogP contribution in [0, 0.1) is 22.7 Å². The van der Waals surface area contributed by atoms with E-state index in [9.17, 15) is 0 Å². The van der Waals surface area contributed by atoms with Crippen LogP contribution in [0.1, 0.15) is 80.1 Å². The highest BCUT2D eigenvalue weighted by molar-refractivity contribution is 4.88. The van der Waals surface area contributed by atoms with Crippen molar-refractivity contribution >= 4 is 0 Å². The summed E-state index contributed by atoms with van der Waals surface area (Å²) in [7, 11) is 0. The van der Waals surface area contributed by atoms with Crippen LogP contribution >= 0.6 is 0 Å². The minimum absolute atomic E-state index is 0.123. The van der Waals surface area contributed by atoms with Gasteiger partial charge in [0.05, 0.1) is 77.3 Å². The van der Waals surface area contributed by atoms with Crippen molar-refractivity contribution in [2.75, 3.05) is 52.9 Å². The standard InChI is InChI=1S/C28H52O6/c1-27(2,3)21-7-9-23-25(19-21)33-17-13-30-14-18-34-26-20-22(28(4,5)6)8-10-24(26)32-16-12-29-11-15-31-23/h21-26H,7-20H2,1-6H3/t21-,22+,23+,24-,25-,26-/m0/s1. The first-order chi connectivity index (χ1) is 16.1. The van der Waals surface area contributed by atoms with Gasteiger partial charge in [-0.3, -0.25) is 0 Å². The van der Waals surface area contributed by atoms with E-state index in [2.05, 4.69) is 41.5 Å². The average molecular weight is 485 g/mol. The molecule has 6 heteroatoms. The van der Waals surface area contributed by atoms with E-state index in [1.165, 1.54) is 12.8 Å². The zero-order chi connectivity index (χ0) is 24.6. The first kappa shape index (κ1) is 28.3. The van der Waals surface area contributed by atoms with Crippen molar-refractivity contribution < 1.29 is 28.4 Å². The van der Waals surface area contributed by atoms with Gasteiger partial charge in [-0.1, -0.05) is 41.5 Å². The van der Waals surface area contributed by atoms with Crippen LogP contribution in [0.4, 0.5) is 0 Å². The summed E-state index contributed by atoms with van der Waals surface area (Å²) < 4.78 is 36.8. The third-order valence-corrected chi connectivity index (χ3v) is 8.15. The van der Waals surface area contributed by atoms with E-state index >= 15 is 0 Å². The molecular formula is C28H52O6. The van der Waals surface area contributed by atoms with Gasteiger partial charge in [-0.05, 0) is 61.2 Å². The lowest BCUT2D eigenvalue weighted by Gasteiger charge is -2.41. The molecule has 3 fully saturated rings. The van der Waals surface area contributed by atoms with Gasteiger partial charge in [0.25, 0.3) is 0 Å². The molecule has 6 atom stereocenters. The Balaban J connectivity index is 1.52. The number of ether oxygens (including phenoxy) is 6. The molecule has 3 aliphatic rings. The third-order valence-electron chi connectivity index (χ3n) is 8.15. The molecule has 1 heterocycles. The van der Waals surface area contributed by atoms with Crippen molar-refractivity contribution in [3.05, 3.63) is 0 Å². The summed E-state index contributed by atoms with van der Waals surface area (Å²) in [5, 5.41) is 0. The molecule has 1 aliphatic heterocycles. The minimum Gasteiger partial charge on any atom is -0.377 e. The van der Waals surface area contributed by atoms with Gasteiger partial charge in [0.1, 0.15) is 0 Å². The number of hydrogen-bond acceptors (Lipinski definition) is 6. The summed E-state index contributed by atoms with van der Waals surface area (Å²) >= 11 is 0. The molecule has 1 saturated heterocycles. The Morgan fingerprint density at radius 2 is 0.735 bits per heavy atom. The number of rotatable bonds is 0. The predicted molar refractivity (Wildman–Crippen MR) is 134 cm³/mol. The Morgan fingerprint density at radius 1 is 0.412 bits per heavy atom. The Labute approximate surface area is 208 Å². The molecule has 0 aromatic heterocycles. The topological polar surface area (TPSA) is 55.4 Å². The van der Waals surface area contributed by atoms with E-state index in [1.807, 2.05) is 0 Å². The maximum Gasteiger partial charge on any atom is 0.0840 e. The highest BCUT2D eigenvalue weighted by Gasteiger charge is 2.38. The maximum atomic E-state index is 6.30. The monoisotopic (exact) mass is 484 g/mol. The molecular weight excluding hydrogens is 432 g/mol. The van der Waals surface area contributed by atoms with Crippen LogP contribution in [0.15, 0.2) is 0 Å². The maximum absolute atomic E-state index is 6.30. The molecule has 6 nitrogen and oxygen atoms in total. The zero-order valence-electron chi connectivity index (χ0n) is 22.8. The van der Waals surface area contributed by atoms with Crippen LogP contribution in [-0.2, 0) is 28.4 Å². The Bertz CT molecular complexity index is 520. The summed E-state index contributed by atoms with van der Waals surface area (Å²) in [6.45, 7) is 18.8. The first-order valence-corrected chi connectivity index (χ1v) is 13.8. The second-order valence-corrected chi connectivity index (χ2v) is 12.6. The van der Waals surface area contributed by atoms with Gasteiger partial charge >= 0.3 is 0 Å². The van der Waals surface area contributed by atoms with Crippen LogP contribution < -0.4 is 0 Å². The summed E-state index contributed by atoms with van der Waals surface area (Å²) in [5.41, 5.74) is 0.584. The normalized spacial score (nSPS) is 36.5. The van der Waals surface area contributed by atoms with Crippen molar-refractivity contribution in [1.82, 2.24) is 0 Å². The molecule has 0 radical (unpaired) electrons. The molecule has 0 aromatic rings. The lowest BCUT2D eigenvalue weighted by molar-refractivity contribution is -0.142. The van der Waals surface area contributed by atoms with Crippen molar-refractivity contribution in [2.45, 2.75) is 104 Å². The number of fused-ring (bicyclic) bond motifs is 2. The summed E-state index contributed by atoms with van der Waals surface area (Å²) in [6.07, 6.45) is 7.08. The summed E-state index contributed by atoms with van der Waals surface area (Å²) in [4.78, 5) is 0. The number of hydrogen-bond donors (Lipinski definition) is 0. The van der Waals surface area contributed by atoms with E-state index in [-0.39, 0.29) is 24.4 Å². The van der Waals surface area contributed by atoms with Gasteiger partial charge in [-0.15, -0.1) is 0 Å². The van der Waals surface area contributed by atoms with Crippen molar-refractivity contribution in [2.24, 2.45) is 22.7 Å². The highest BCUT2D eigenvalue weighted by atomic mass is 16.6. The second kappa shape index (κ2) is 13.3. The van der Waals surface area contributed by atoms with Gasteiger partial charge in [0.15, 0.2) is 0 Å². The Hall–Kier alpha value is -0.240. The lowest BCUT2D eigenvalue weighted by atomic mass is 9.71. The SMILES string of the molecule is CC(C)(C)[C@@H]1CC[C@@H]2OCCOCCO[C@@H]3CC[C@H](C(C)(C)C)C[C@@H]3OCCOCCO[C@H]2C1. The molecule has 2 aliphatic carbocycles. The summed E-state index contributed by atoms with van der Waals surface area (Å²) in [5.74, 6) is 1.30. The Kier molecular flexibility index (Phi) is 11.1. The molecule has 0 aromatic carbocycles. The van der Waals surface area contributed by atoms with Crippen molar-refractivity contribution in [3.8, 4) is 0 Å². The van der Waals surface area contributed by atoms with Gasteiger partial charge in [-0.25, -0.2) is 0 Å². The minimum atomic E-state index is 0.123. The summed E-state index contributed by atoms with van der Waals surface area (Å²) in [6, 6.07) is 0. The van der Waals surface area contributed by atoms with Crippen LogP contribution in [0.5, 0.6) is 0 Å². The van der Waals surface area contributed by atoms with Gasteiger partial charge in [0, 0.05) is 0 Å². The average Bonchev–Trinajstić information content (AvgIpc) is 2.77. The Morgan fingerprint density at radius 3 is 1.06 bits per heavy atom. The smallest absolute Gasteiger partial charge is 0.0840 e. The molecule has 34 heavy (non-hydrogen) atoms. The van der Waals surface area contributed by atoms with E-state index in [0.29, 0.717) is 75.5 Å². The van der Waals surface area contributed by atoms with E-state index < -0.39 is 0 Å². The molecule has 3 rings (SSSR count). The lowest BCUT2D eigenvalue weighted by Crippen LogP contribution is -2.43. The van der Waals surface area contributed by atoms with Gasteiger partial charge in [0.2, 0.25) is 0 Å². The van der Waals surface area contributed by atoms with Crippen molar-refractivity contribution in [1.29, 1.82) is 0 Å². The van der Waals surface area contributed by atoms with E-state index in [4.69, 9.17) is 28.4 Å². The van der Waals surface area contributed by atoms with Gasteiger partial charge in [-0.2, -0.15) is 0 Å². The molecule has 0 amide bonds. The molecule has 0 spiro atoms. The fourth-order valence-corrected chi connectivity index (χ4v) is 5.75. The molecule has 0 unspecified atom stereocenters. The van der Waals surface area contributed by atoms with Gasteiger partial charge < -0.3 is 28.4 Å². The van der Waals surface area contributed by atoms with Crippen molar-refractivity contribution in [3.63, 3.8) is 0 Å². The first-order valence-electron chi connectivity index (χ1n) is 13.8. The highest BCUT2D eigenvalue weighted by Crippen LogP contribution is 2.41. The largest absolute Gasteiger partial charge is 0.377 e. The van der Waals surface area contributed by atoms with Crippen LogP contribution in [0.3, 0.4) is 0 Å².